The Bertz CT molecular complexity index is 1010. The Balaban J connectivity index is 1.22. The minimum atomic E-state index is -0.933. The third-order valence-corrected chi connectivity index (χ3v) is 6.88. The Morgan fingerprint density at radius 3 is 2.35 bits per heavy atom. The zero-order chi connectivity index (χ0) is 24.1. The highest BCUT2D eigenvalue weighted by atomic mass is 16.5. The number of piperidine rings is 1. The molecule has 2 amide bonds. The van der Waals surface area contributed by atoms with Gasteiger partial charge >= 0.3 is 12.1 Å². The second-order valence-electron chi connectivity index (χ2n) is 9.29. The highest BCUT2D eigenvalue weighted by Crippen LogP contribution is 2.44. The molecule has 34 heavy (non-hydrogen) atoms. The minimum absolute atomic E-state index is 0.0152. The van der Waals surface area contributed by atoms with E-state index in [9.17, 15) is 19.5 Å². The van der Waals surface area contributed by atoms with Crippen LogP contribution in [0.1, 0.15) is 56.1 Å². The number of carbonyl (C=O) groups is 3. The molecule has 1 heterocycles. The van der Waals surface area contributed by atoms with Crippen LogP contribution in [0.4, 0.5) is 4.79 Å². The van der Waals surface area contributed by atoms with E-state index in [-0.39, 0.29) is 30.8 Å². The Hall–Kier alpha value is -3.35. The molecule has 7 nitrogen and oxygen atoms in total. The van der Waals surface area contributed by atoms with Crippen LogP contribution in [-0.4, -0.2) is 53.7 Å². The van der Waals surface area contributed by atoms with Crippen LogP contribution in [0.15, 0.2) is 48.5 Å². The zero-order valence-corrected chi connectivity index (χ0v) is 19.5. The lowest BCUT2D eigenvalue weighted by Gasteiger charge is -2.33. The number of hydrogen-bond donors (Lipinski definition) is 2. The molecule has 1 unspecified atom stereocenters. The van der Waals surface area contributed by atoms with E-state index >= 15 is 0 Å². The van der Waals surface area contributed by atoms with Crippen molar-refractivity contribution in [1.29, 1.82) is 0 Å². The molecule has 2 N–H and O–H groups in total. The number of likely N-dealkylation sites (tertiary alicyclic amines) is 1. The monoisotopic (exact) mass is 464 g/mol. The standard InChI is InChI=1S/C27H32N2O5/c1-18(16-25(30)29-15-7-6-12-24(29)26(31)32)13-14-28-27(33)34-17-23-21-10-4-2-8-19(21)20-9-3-5-11-22(20)23/h2-5,8-11,18,23-24H,6-7,12-17H2,1H3,(H,28,33)(H,31,32)/t18?,24-/m1/s1. The molecule has 1 saturated heterocycles. The molecule has 7 heteroatoms. The number of alkyl carbamates (subject to hydrolysis) is 1. The van der Waals surface area contributed by atoms with Crippen molar-refractivity contribution in [2.45, 2.75) is 51.0 Å². The first-order valence-corrected chi connectivity index (χ1v) is 12.1. The van der Waals surface area contributed by atoms with Gasteiger partial charge in [0.25, 0.3) is 0 Å². The van der Waals surface area contributed by atoms with E-state index in [2.05, 4.69) is 29.6 Å². The normalized spacial score (nSPS) is 18.0. The SMILES string of the molecule is CC(CCNC(=O)OCC1c2ccccc2-c2ccccc21)CC(=O)N1CCCC[C@@H]1C(=O)O. The summed E-state index contributed by atoms with van der Waals surface area (Å²) in [4.78, 5) is 37.9. The highest BCUT2D eigenvalue weighted by Gasteiger charge is 2.32. The minimum Gasteiger partial charge on any atom is -0.480 e. The summed E-state index contributed by atoms with van der Waals surface area (Å²) in [6, 6.07) is 15.7. The predicted octanol–water partition coefficient (Wildman–Crippen LogP) is 4.41. The maximum atomic E-state index is 12.6. The first-order valence-electron chi connectivity index (χ1n) is 12.1. The summed E-state index contributed by atoms with van der Waals surface area (Å²) in [5, 5.41) is 12.2. The molecule has 4 rings (SSSR count). The Morgan fingerprint density at radius 2 is 1.71 bits per heavy atom. The van der Waals surface area contributed by atoms with Crippen LogP contribution in [-0.2, 0) is 14.3 Å². The molecule has 0 aromatic heterocycles. The number of carbonyl (C=O) groups excluding carboxylic acids is 2. The number of fused-ring (bicyclic) bond motifs is 3. The summed E-state index contributed by atoms with van der Waals surface area (Å²) in [7, 11) is 0. The molecule has 0 saturated carbocycles. The topological polar surface area (TPSA) is 95.9 Å². The molecule has 0 bridgehead atoms. The van der Waals surface area contributed by atoms with Crippen molar-refractivity contribution in [3.8, 4) is 11.1 Å². The molecular weight excluding hydrogens is 432 g/mol. The van der Waals surface area contributed by atoms with Crippen LogP contribution in [0.25, 0.3) is 11.1 Å². The van der Waals surface area contributed by atoms with Crippen LogP contribution in [0.5, 0.6) is 0 Å². The Labute approximate surface area is 200 Å². The number of aliphatic carboxylic acids is 1. The van der Waals surface area contributed by atoms with Crippen LogP contribution in [0.3, 0.4) is 0 Å². The number of carboxylic acid groups (broad SMARTS) is 1. The van der Waals surface area contributed by atoms with E-state index < -0.39 is 18.1 Å². The molecule has 1 fully saturated rings. The lowest BCUT2D eigenvalue weighted by Crippen LogP contribution is -2.48. The molecule has 1 aliphatic carbocycles. The van der Waals surface area contributed by atoms with Gasteiger partial charge in [-0.25, -0.2) is 9.59 Å². The van der Waals surface area contributed by atoms with Gasteiger partial charge in [0.1, 0.15) is 12.6 Å². The van der Waals surface area contributed by atoms with Crippen molar-refractivity contribution in [2.24, 2.45) is 5.92 Å². The highest BCUT2D eigenvalue weighted by molar-refractivity contribution is 5.84. The van der Waals surface area contributed by atoms with E-state index in [1.165, 1.54) is 27.2 Å². The quantitative estimate of drug-likeness (QED) is 0.603. The number of carboxylic acids is 1. The van der Waals surface area contributed by atoms with Crippen molar-refractivity contribution in [3.63, 3.8) is 0 Å². The first kappa shape index (κ1) is 23.8. The van der Waals surface area contributed by atoms with Crippen LogP contribution in [0, 0.1) is 5.92 Å². The van der Waals surface area contributed by atoms with E-state index in [1.807, 2.05) is 31.2 Å². The largest absolute Gasteiger partial charge is 0.480 e. The van der Waals surface area contributed by atoms with Crippen molar-refractivity contribution in [2.75, 3.05) is 19.7 Å². The molecule has 0 radical (unpaired) electrons. The van der Waals surface area contributed by atoms with E-state index in [0.717, 1.165) is 12.8 Å². The number of nitrogens with one attached hydrogen (secondary N) is 1. The molecule has 180 valence electrons. The van der Waals surface area contributed by atoms with Crippen LogP contribution < -0.4 is 5.32 Å². The molecule has 2 aromatic carbocycles. The predicted molar refractivity (Wildman–Crippen MR) is 128 cm³/mol. The molecule has 2 atom stereocenters. The second kappa shape index (κ2) is 10.7. The summed E-state index contributed by atoms with van der Waals surface area (Å²) >= 11 is 0. The first-order chi connectivity index (χ1) is 16.5. The van der Waals surface area contributed by atoms with Crippen LogP contribution in [0.2, 0.25) is 0 Å². The zero-order valence-electron chi connectivity index (χ0n) is 19.5. The third kappa shape index (κ3) is 5.24. The van der Waals surface area contributed by atoms with Gasteiger partial charge in [-0.1, -0.05) is 55.5 Å². The second-order valence-corrected chi connectivity index (χ2v) is 9.29. The fraction of sp³-hybridized carbons (Fsp3) is 0.444. The van der Waals surface area contributed by atoms with Gasteiger partial charge in [-0.3, -0.25) is 4.79 Å². The van der Waals surface area contributed by atoms with Gasteiger partial charge in [-0.05, 0) is 53.9 Å². The average molecular weight is 465 g/mol. The van der Waals surface area contributed by atoms with Gasteiger partial charge in [0, 0.05) is 25.4 Å². The van der Waals surface area contributed by atoms with Crippen molar-refractivity contribution >= 4 is 18.0 Å². The lowest BCUT2D eigenvalue weighted by atomic mass is 9.98. The van der Waals surface area contributed by atoms with E-state index in [4.69, 9.17) is 4.74 Å². The number of ether oxygens (including phenoxy) is 1. The summed E-state index contributed by atoms with van der Waals surface area (Å²) in [6.45, 7) is 3.10. The number of rotatable bonds is 8. The Morgan fingerprint density at radius 1 is 1.06 bits per heavy atom. The van der Waals surface area contributed by atoms with Gasteiger partial charge in [0.2, 0.25) is 5.91 Å². The summed E-state index contributed by atoms with van der Waals surface area (Å²) in [5.41, 5.74) is 4.70. The molecular formula is C27H32N2O5. The summed E-state index contributed by atoms with van der Waals surface area (Å²) < 4.78 is 5.55. The van der Waals surface area contributed by atoms with Gasteiger partial charge in [0.05, 0.1) is 0 Å². The maximum Gasteiger partial charge on any atom is 0.407 e. The maximum absolute atomic E-state index is 12.6. The molecule has 1 aliphatic heterocycles. The van der Waals surface area contributed by atoms with Gasteiger partial charge in [-0.15, -0.1) is 0 Å². The molecule has 2 aliphatic rings. The fourth-order valence-electron chi connectivity index (χ4n) is 5.07. The smallest absolute Gasteiger partial charge is 0.407 e. The van der Waals surface area contributed by atoms with E-state index in [0.29, 0.717) is 25.9 Å². The average Bonchev–Trinajstić information content (AvgIpc) is 3.16. The molecule has 2 aromatic rings. The Kier molecular flexibility index (Phi) is 7.50. The number of amides is 2. The number of benzene rings is 2. The van der Waals surface area contributed by atoms with Gasteiger partial charge in [0.15, 0.2) is 0 Å². The number of nitrogens with zero attached hydrogens (tertiary/aromatic N) is 1. The fourth-order valence-corrected chi connectivity index (χ4v) is 5.07. The van der Waals surface area contributed by atoms with Gasteiger partial charge < -0.3 is 20.1 Å². The summed E-state index contributed by atoms with van der Waals surface area (Å²) in [5.74, 6) is -1.02. The van der Waals surface area contributed by atoms with Crippen molar-refractivity contribution < 1.29 is 24.2 Å². The van der Waals surface area contributed by atoms with E-state index in [1.54, 1.807) is 0 Å². The van der Waals surface area contributed by atoms with Crippen LogP contribution >= 0.6 is 0 Å². The molecule has 0 spiro atoms. The van der Waals surface area contributed by atoms with Crippen molar-refractivity contribution in [1.82, 2.24) is 10.2 Å². The number of hydrogen-bond acceptors (Lipinski definition) is 4. The summed E-state index contributed by atoms with van der Waals surface area (Å²) in [6.07, 6.45) is 2.60. The third-order valence-electron chi connectivity index (χ3n) is 6.88. The lowest BCUT2D eigenvalue weighted by molar-refractivity contribution is -0.152. The van der Waals surface area contributed by atoms with Gasteiger partial charge in [-0.2, -0.15) is 0 Å². The van der Waals surface area contributed by atoms with Crippen molar-refractivity contribution in [3.05, 3.63) is 59.7 Å².